The number of methoxy groups -OCH3 is 1. The maximum absolute atomic E-state index is 13.8. The number of hydrogen-bond acceptors (Lipinski definition) is 4. The Balaban J connectivity index is 1.72. The van der Waals surface area contributed by atoms with Crippen molar-refractivity contribution in [2.24, 2.45) is 0 Å². The maximum Gasteiger partial charge on any atom is 0.254 e. The molecule has 4 rings (SSSR count). The maximum atomic E-state index is 13.8. The molecule has 1 saturated heterocycles. The van der Waals surface area contributed by atoms with E-state index >= 15 is 0 Å². The summed E-state index contributed by atoms with van der Waals surface area (Å²) in [5, 5.41) is 0. The van der Waals surface area contributed by atoms with E-state index in [0.29, 0.717) is 19.6 Å². The molecule has 202 valence electrons. The Hall–Kier alpha value is -3.22. The molecule has 3 aromatic carbocycles. The van der Waals surface area contributed by atoms with Gasteiger partial charge in [-0.15, -0.1) is 0 Å². The van der Waals surface area contributed by atoms with Gasteiger partial charge < -0.3 is 9.64 Å². The predicted octanol–water partition coefficient (Wildman–Crippen LogP) is 6.00. The van der Waals surface area contributed by atoms with Gasteiger partial charge in [0, 0.05) is 50.4 Å². The van der Waals surface area contributed by atoms with Crippen LogP contribution in [0.1, 0.15) is 60.8 Å². The molecule has 1 heterocycles. The van der Waals surface area contributed by atoms with E-state index in [-0.39, 0.29) is 29.8 Å². The summed E-state index contributed by atoms with van der Waals surface area (Å²) in [6.45, 7) is 12.2. The zero-order chi connectivity index (χ0) is 27.2. The standard InChI is InChI=1S/C32H40FN3O2/c1-6-34(7-2)32(37)30-17-9-8-16-29(30)31(26-13-11-15-28(19-26)38-5)36-21-23(3)35(20-24(36)4)22-25-12-10-14-27(33)18-25/h8-19,23-24,31H,6-7,20-22H2,1-5H3/t23-,24+,31-/m1/s1. The van der Waals surface area contributed by atoms with Crippen molar-refractivity contribution in [2.45, 2.75) is 52.4 Å². The summed E-state index contributed by atoms with van der Waals surface area (Å²) in [7, 11) is 1.68. The number of carbonyl (C=O) groups is 1. The molecule has 0 aliphatic carbocycles. The number of benzene rings is 3. The lowest BCUT2D eigenvalue weighted by Crippen LogP contribution is -2.57. The normalized spacial score (nSPS) is 19.2. The minimum Gasteiger partial charge on any atom is -0.497 e. The van der Waals surface area contributed by atoms with Crippen molar-refractivity contribution in [1.29, 1.82) is 0 Å². The monoisotopic (exact) mass is 517 g/mol. The van der Waals surface area contributed by atoms with Gasteiger partial charge in [0.15, 0.2) is 0 Å². The topological polar surface area (TPSA) is 36.0 Å². The van der Waals surface area contributed by atoms with Crippen LogP contribution in [0.2, 0.25) is 0 Å². The molecule has 1 aliphatic rings. The Morgan fingerprint density at radius 2 is 1.71 bits per heavy atom. The number of ether oxygens (including phenoxy) is 1. The van der Waals surface area contributed by atoms with Crippen LogP contribution >= 0.6 is 0 Å². The van der Waals surface area contributed by atoms with Gasteiger partial charge >= 0.3 is 0 Å². The number of amides is 1. The van der Waals surface area contributed by atoms with E-state index < -0.39 is 0 Å². The van der Waals surface area contributed by atoms with Gasteiger partial charge in [0.1, 0.15) is 11.6 Å². The number of hydrogen-bond donors (Lipinski definition) is 0. The third kappa shape index (κ3) is 6.08. The van der Waals surface area contributed by atoms with E-state index in [1.807, 2.05) is 55.1 Å². The zero-order valence-corrected chi connectivity index (χ0v) is 23.2. The fourth-order valence-corrected chi connectivity index (χ4v) is 5.65. The molecular formula is C32H40FN3O2. The molecular weight excluding hydrogens is 477 g/mol. The second kappa shape index (κ2) is 12.5. The van der Waals surface area contributed by atoms with Gasteiger partial charge in [-0.3, -0.25) is 14.6 Å². The molecule has 38 heavy (non-hydrogen) atoms. The zero-order valence-electron chi connectivity index (χ0n) is 23.2. The van der Waals surface area contributed by atoms with Gasteiger partial charge in [0.05, 0.1) is 13.2 Å². The van der Waals surface area contributed by atoms with Crippen molar-refractivity contribution >= 4 is 5.91 Å². The molecule has 0 saturated carbocycles. The first kappa shape index (κ1) is 27.8. The molecule has 0 aromatic heterocycles. The van der Waals surface area contributed by atoms with Crippen LogP contribution in [-0.2, 0) is 6.54 Å². The van der Waals surface area contributed by atoms with Gasteiger partial charge in [-0.25, -0.2) is 4.39 Å². The van der Waals surface area contributed by atoms with Gasteiger partial charge in [-0.2, -0.15) is 0 Å². The summed E-state index contributed by atoms with van der Waals surface area (Å²) in [6, 6.07) is 23.4. The van der Waals surface area contributed by atoms with Crippen LogP contribution in [-0.4, -0.2) is 66.0 Å². The van der Waals surface area contributed by atoms with E-state index in [2.05, 4.69) is 41.8 Å². The van der Waals surface area contributed by atoms with E-state index in [0.717, 1.165) is 41.1 Å². The van der Waals surface area contributed by atoms with Gasteiger partial charge in [0.25, 0.3) is 5.91 Å². The largest absolute Gasteiger partial charge is 0.497 e. The Labute approximate surface area is 226 Å². The van der Waals surface area contributed by atoms with Crippen LogP contribution in [0.15, 0.2) is 72.8 Å². The molecule has 0 unspecified atom stereocenters. The van der Waals surface area contributed by atoms with Gasteiger partial charge in [0.2, 0.25) is 0 Å². The van der Waals surface area contributed by atoms with Crippen LogP contribution in [0.3, 0.4) is 0 Å². The van der Waals surface area contributed by atoms with Crippen molar-refractivity contribution in [2.75, 3.05) is 33.3 Å². The summed E-state index contributed by atoms with van der Waals surface area (Å²) in [5.41, 5.74) is 3.83. The molecule has 1 aliphatic heterocycles. The quantitative estimate of drug-likeness (QED) is 0.349. The first-order valence-electron chi connectivity index (χ1n) is 13.6. The smallest absolute Gasteiger partial charge is 0.254 e. The highest BCUT2D eigenvalue weighted by molar-refractivity contribution is 5.96. The van der Waals surface area contributed by atoms with Gasteiger partial charge in [-0.05, 0) is 74.7 Å². The van der Waals surface area contributed by atoms with Gasteiger partial charge in [-0.1, -0.05) is 42.5 Å². The number of rotatable bonds is 9. The molecule has 0 N–H and O–H groups in total. The minimum atomic E-state index is -0.200. The highest BCUT2D eigenvalue weighted by Gasteiger charge is 2.36. The Morgan fingerprint density at radius 3 is 2.42 bits per heavy atom. The number of halogens is 1. The van der Waals surface area contributed by atoms with Crippen LogP contribution < -0.4 is 4.74 Å². The molecule has 6 heteroatoms. The summed E-state index contributed by atoms with van der Waals surface area (Å²) < 4.78 is 19.4. The molecule has 3 atom stereocenters. The highest BCUT2D eigenvalue weighted by atomic mass is 19.1. The van der Waals surface area contributed by atoms with Crippen molar-refractivity contribution in [3.63, 3.8) is 0 Å². The van der Waals surface area contributed by atoms with Crippen LogP contribution in [0.25, 0.3) is 0 Å². The van der Waals surface area contributed by atoms with E-state index in [9.17, 15) is 9.18 Å². The molecule has 0 bridgehead atoms. The van der Waals surface area contributed by atoms with E-state index in [4.69, 9.17) is 4.74 Å². The first-order chi connectivity index (χ1) is 18.4. The third-order valence-electron chi connectivity index (χ3n) is 7.72. The Morgan fingerprint density at radius 1 is 0.974 bits per heavy atom. The molecule has 5 nitrogen and oxygen atoms in total. The lowest BCUT2D eigenvalue weighted by Gasteiger charge is -2.48. The summed E-state index contributed by atoms with van der Waals surface area (Å²) in [4.78, 5) is 20.5. The lowest BCUT2D eigenvalue weighted by atomic mass is 9.90. The average molecular weight is 518 g/mol. The van der Waals surface area contributed by atoms with Crippen LogP contribution in [0.4, 0.5) is 4.39 Å². The van der Waals surface area contributed by atoms with Crippen molar-refractivity contribution in [3.8, 4) is 5.75 Å². The Kier molecular flexibility index (Phi) is 9.18. The summed E-state index contributed by atoms with van der Waals surface area (Å²) in [5.74, 6) is 0.656. The molecule has 3 aromatic rings. The SMILES string of the molecule is CCN(CC)C(=O)c1ccccc1[C@@H](c1cccc(OC)c1)N1C[C@@H](C)N(Cc2cccc(F)c2)C[C@@H]1C. The Bertz CT molecular complexity index is 1230. The molecule has 1 fully saturated rings. The fraction of sp³-hybridized carbons (Fsp3) is 0.406. The summed E-state index contributed by atoms with van der Waals surface area (Å²) >= 11 is 0. The highest BCUT2D eigenvalue weighted by Crippen LogP contribution is 2.37. The third-order valence-corrected chi connectivity index (χ3v) is 7.72. The van der Waals surface area contributed by atoms with E-state index in [1.54, 1.807) is 19.2 Å². The number of piperazine rings is 1. The van der Waals surface area contributed by atoms with E-state index in [1.165, 1.54) is 6.07 Å². The second-order valence-corrected chi connectivity index (χ2v) is 10.2. The van der Waals surface area contributed by atoms with Crippen LogP contribution in [0.5, 0.6) is 5.75 Å². The van der Waals surface area contributed by atoms with Crippen molar-refractivity contribution < 1.29 is 13.9 Å². The van der Waals surface area contributed by atoms with Crippen molar-refractivity contribution in [1.82, 2.24) is 14.7 Å². The number of carbonyl (C=O) groups excluding carboxylic acids is 1. The minimum absolute atomic E-state index is 0.0592. The molecule has 0 radical (unpaired) electrons. The first-order valence-corrected chi connectivity index (χ1v) is 13.6. The second-order valence-electron chi connectivity index (χ2n) is 10.2. The molecule has 1 amide bonds. The van der Waals surface area contributed by atoms with Crippen molar-refractivity contribution in [3.05, 3.63) is 101 Å². The molecule has 0 spiro atoms. The predicted molar refractivity (Wildman–Crippen MR) is 151 cm³/mol. The summed E-state index contributed by atoms with van der Waals surface area (Å²) in [6.07, 6.45) is 0. The fourth-order valence-electron chi connectivity index (χ4n) is 5.65. The number of nitrogens with zero attached hydrogens (tertiary/aromatic N) is 3. The lowest BCUT2D eigenvalue weighted by molar-refractivity contribution is 0.0191. The van der Waals surface area contributed by atoms with Crippen LogP contribution in [0, 0.1) is 5.82 Å². The average Bonchev–Trinajstić information content (AvgIpc) is 2.92.